The van der Waals surface area contributed by atoms with Crippen LogP contribution in [0, 0.1) is 20.8 Å². The normalized spacial score (nSPS) is 18.8. The Morgan fingerprint density at radius 1 is 1.24 bits per heavy atom. The number of carbonyl (C=O) groups excluding carboxylic acids is 1. The van der Waals surface area contributed by atoms with Crippen LogP contribution >= 0.6 is 0 Å². The van der Waals surface area contributed by atoms with Gasteiger partial charge in [0.05, 0.1) is 5.56 Å². The van der Waals surface area contributed by atoms with Gasteiger partial charge in [0.25, 0.3) is 5.91 Å². The van der Waals surface area contributed by atoms with Crippen LogP contribution in [-0.4, -0.2) is 34.5 Å². The van der Waals surface area contributed by atoms with Crippen molar-refractivity contribution >= 4 is 11.9 Å². The molecule has 1 saturated heterocycles. The molecule has 21 heavy (non-hydrogen) atoms. The van der Waals surface area contributed by atoms with Crippen molar-refractivity contribution in [1.82, 2.24) is 4.90 Å². The van der Waals surface area contributed by atoms with Crippen molar-refractivity contribution in [2.45, 2.75) is 58.9 Å². The van der Waals surface area contributed by atoms with Gasteiger partial charge in [-0.15, -0.1) is 0 Å². The Hall–Kier alpha value is -1.78. The number of nitrogens with zero attached hydrogens (tertiary/aromatic N) is 1. The summed E-state index contributed by atoms with van der Waals surface area (Å²) in [5.41, 5.74) is 1.54. The average molecular weight is 293 g/mol. The lowest BCUT2D eigenvalue weighted by molar-refractivity contribution is -0.137. The van der Waals surface area contributed by atoms with Crippen molar-refractivity contribution in [1.29, 1.82) is 0 Å². The van der Waals surface area contributed by atoms with Crippen LogP contribution in [0.1, 0.15) is 59.5 Å². The average Bonchev–Trinajstić information content (AvgIpc) is 2.69. The molecule has 2 rings (SSSR count). The van der Waals surface area contributed by atoms with E-state index < -0.39 is 5.97 Å². The molecular weight excluding hydrogens is 270 g/mol. The van der Waals surface area contributed by atoms with E-state index in [-0.39, 0.29) is 18.4 Å². The van der Waals surface area contributed by atoms with E-state index in [1.54, 1.807) is 0 Å². The second-order valence-corrected chi connectivity index (χ2v) is 5.80. The minimum Gasteiger partial charge on any atom is -0.481 e. The number of amides is 1. The van der Waals surface area contributed by atoms with Crippen LogP contribution in [0.3, 0.4) is 0 Å². The third-order valence-electron chi connectivity index (χ3n) is 4.35. The summed E-state index contributed by atoms with van der Waals surface area (Å²) in [6.45, 7) is 6.27. The fourth-order valence-electron chi connectivity index (χ4n) is 3.11. The first-order valence-corrected chi connectivity index (χ1v) is 7.51. The highest BCUT2D eigenvalue weighted by molar-refractivity contribution is 5.97. The number of carboxylic acids is 1. The van der Waals surface area contributed by atoms with Crippen LogP contribution in [0.15, 0.2) is 4.42 Å². The van der Waals surface area contributed by atoms with E-state index in [2.05, 4.69) is 0 Å². The smallest absolute Gasteiger partial charge is 0.303 e. The molecule has 1 aromatic heterocycles. The van der Waals surface area contributed by atoms with Crippen molar-refractivity contribution < 1.29 is 19.1 Å². The summed E-state index contributed by atoms with van der Waals surface area (Å²) in [5, 5.41) is 8.86. The largest absolute Gasteiger partial charge is 0.481 e. The number of furan rings is 1. The number of carbonyl (C=O) groups is 2. The quantitative estimate of drug-likeness (QED) is 0.926. The van der Waals surface area contributed by atoms with Gasteiger partial charge in [-0.05, 0) is 46.5 Å². The number of aryl methyl sites for hydroxylation is 2. The minimum atomic E-state index is -0.806. The molecular formula is C16H23NO4. The maximum atomic E-state index is 12.8. The van der Waals surface area contributed by atoms with Crippen LogP contribution < -0.4 is 0 Å². The van der Waals surface area contributed by atoms with Gasteiger partial charge in [-0.25, -0.2) is 0 Å². The molecule has 1 atom stereocenters. The minimum absolute atomic E-state index is 0.0167. The maximum absolute atomic E-state index is 12.8. The van der Waals surface area contributed by atoms with Gasteiger partial charge in [0, 0.05) is 24.6 Å². The molecule has 116 valence electrons. The summed E-state index contributed by atoms with van der Waals surface area (Å²) in [7, 11) is 0. The van der Waals surface area contributed by atoms with Gasteiger partial charge in [-0.1, -0.05) is 0 Å². The highest BCUT2D eigenvalue weighted by Gasteiger charge is 2.31. The van der Waals surface area contributed by atoms with E-state index in [4.69, 9.17) is 9.52 Å². The molecule has 0 saturated carbocycles. The predicted molar refractivity (Wildman–Crippen MR) is 78.5 cm³/mol. The SMILES string of the molecule is Cc1oc(C)c(C(=O)N2CCCCC2CCC(=O)O)c1C. The topological polar surface area (TPSA) is 70.8 Å². The number of piperidine rings is 1. The standard InChI is InChI=1S/C16H23NO4/c1-10-11(2)21-12(3)15(10)16(20)17-9-5-4-6-13(17)7-8-14(18)19/h13H,4-9H2,1-3H3,(H,18,19). The zero-order chi connectivity index (χ0) is 15.6. The van der Waals surface area contributed by atoms with E-state index in [1.165, 1.54) is 0 Å². The molecule has 2 heterocycles. The predicted octanol–water partition coefficient (Wildman–Crippen LogP) is 3.06. The highest BCUT2D eigenvalue weighted by atomic mass is 16.4. The molecule has 1 unspecified atom stereocenters. The molecule has 0 bridgehead atoms. The van der Waals surface area contributed by atoms with Gasteiger partial charge < -0.3 is 14.4 Å². The first-order valence-electron chi connectivity index (χ1n) is 7.51. The van der Waals surface area contributed by atoms with Crippen LogP contribution in [0.25, 0.3) is 0 Å². The number of hydrogen-bond donors (Lipinski definition) is 1. The summed E-state index contributed by atoms with van der Waals surface area (Å²) in [5.74, 6) is 0.601. The Balaban J connectivity index is 2.20. The fraction of sp³-hybridized carbons (Fsp3) is 0.625. The van der Waals surface area contributed by atoms with Gasteiger partial charge in [0.1, 0.15) is 11.5 Å². The summed E-state index contributed by atoms with van der Waals surface area (Å²) >= 11 is 0. The summed E-state index contributed by atoms with van der Waals surface area (Å²) in [6, 6.07) is 0.0244. The van der Waals surface area contributed by atoms with Crippen LogP contribution in [0.4, 0.5) is 0 Å². The van der Waals surface area contributed by atoms with Gasteiger partial charge in [0.2, 0.25) is 0 Å². The lowest BCUT2D eigenvalue weighted by atomic mass is 9.96. The Morgan fingerprint density at radius 3 is 2.52 bits per heavy atom. The molecule has 5 nitrogen and oxygen atoms in total. The van der Waals surface area contributed by atoms with E-state index in [9.17, 15) is 9.59 Å². The van der Waals surface area contributed by atoms with E-state index >= 15 is 0 Å². The molecule has 0 spiro atoms. The lowest BCUT2D eigenvalue weighted by Gasteiger charge is -2.35. The molecule has 1 aliphatic heterocycles. The molecule has 0 radical (unpaired) electrons. The third kappa shape index (κ3) is 3.28. The Morgan fingerprint density at radius 2 is 1.95 bits per heavy atom. The fourth-order valence-corrected chi connectivity index (χ4v) is 3.11. The number of rotatable bonds is 4. The van der Waals surface area contributed by atoms with E-state index in [0.717, 1.165) is 30.6 Å². The van der Waals surface area contributed by atoms with Gasteiger partial charge in [-0.3, -0.25) is 9.59 Å². The summed E-state index contributed by atoms with van der Waals surface area (Å²) in [6.07, 6.45) is 3.54. The molecule has 0 aromatic carbocycles. The molecule has 1 N–H and O–H groups in total. The van der Waals surface area contributed by atoms with E-state index in [0.29, 0.717) is 24.3 Å². The highest BCUT2D eigenvalue weighted by Crippen LogP contribution is 2.27. The first kappa shape index (κ1) is 15.6. The van der Waals surface area contributed by atoms with Crippen molar-refractivity contribution in [3.05, 3.63) is 22.6 Å². The number of likely N-dealkylation sites (tertiary alicyclic amines) is 1. The Labute approximate surface area is 124 Å². The van der Waals surface area contributed by atoms with Crippen LogP contribution in [-0.2, 0) is 4.79 Å². The van der Waals surface area contributed by atoms with Crippen molar-refractivity contribution in [3.8, 4) is 0 Å². The second-order valence-electron chi connectivity index (χ2n) is 5.80. The van der Waals surface area contributed by atoms with Crippen molar-refractivity contribution in [2.24, 2.45) is 0 Å². The molecule has 1 amide bonds. The Kier molecular flexibility index (Phi) is 4.70. The second kappa shape index (κ2) is 6.33. The lowest BCUT2D eigenvalue weighted by Crippen LogP contribution is -2.44. The van der Waals surface area contributed by atoms with Crippen molar-refractivity contribution in [2.75, 3.05) is 6.54 Å². The number of carboxylic acid groups (broad SMARTS) is 1. The Bertz CT molecular complexity index is 547. The molecule has 5 heteroatoms. The molecule has 1 fully saturated rings. The molecule has 1 aromatic rings. The maximum Gasteiger partial charge on any atom is 0.303 e. The van der Waals surface area contributed by atoms with Gasteiger partial charge in [-0.2, -0.15) is 0 Å². The summed E-state index contributed by atoms with van der Waals surface area (Å²) < 4.78 is 5.55. The number of aliphatic carboxylic acids is 1. The zero-order valence-corrected chi connectivity index (χ0v) is 12.9. The molecule has 0 aliphatic carbocycles. The summed E-state index contributed by atoms with van der Waals surface area (Å²) in [4.78, 5) is 25.5. The van der Waals surface area contributed by atoms with Crippen molar-refractivity contribution in [3.63, 3.8) is 0 Å². The van der Waals surface area contributed by atoms with Crippen LogP contribution in [0.5, 0.6) is 0 Å². The molecule has 1 aliphatic rings. The van der Waals surface area contributed by atoms with Crippen LogP contribution in [0.2, 0.25) is 0 Å². The third-order valence-corrected chi connectivity index (χ3v) is 4.35. The zero-order valence-electron chi connectivity index (χ0n) is 12.9. The monoisotopic (exact) mass is 293 g/mol. The van der Waals surface area contributed by atoms with Gasteiger partial charge in [0.15, 0.2) is 0 Å². The van der Waals surface area contributed by atoms with Gasteiger partial charge >= 0.3 is 5.97 Å². The number of hydrogen-bond acceptors (Lipinski definition) is 3. The first-order chi connectivity index (χ1) is 9.91. The van der Waals surface area contributed by atoms with E-state index in [1.807, 2.05) is 25.7 Å².